The van der Waals surface area contributed by atoms with Gasteiger partial charge in [0.1, 0.15) is 52.6 Å². The molecule has 6 atom stereocenters. The molecule has 53 heavy (non-hydrogen) atoms. The Labute approximate surface area is 318 Å². The Kier molecular flexibility index (Phi) is 37.6. The number of phosphoric acid groups is 1. The summed E-state index contributed by atoms with van der Waals surface area (Å²) in [4.78, 5) is 89.8. The van der Waals surface area contributed by atoms with Crippen LogP contribution in [0.1, 0.15) is 20.8 Å². The van der Waals surface area contributed by atoms with Crippen LogP contribution >= 0.6 is 7.82 Å². The molecule has 0 heterocycles. The van der Waals surface area contributed by atoms with Gasteiger partial charge in [0.2, 0.25) is 0 Å². The van der Waals surface area contributed by atoms with Gasteiger partial charge in [-0.05, 0) is 53.5 Å². The highest BCUT2D eigenvalue weighted by Gasteiger charge is 2.24. The molecule has 0 spiro atoms. The Bertz CT molecular complexity index is 975. The van der Waals surface area contributed by atoms with Crippen LogP contribution in [0.15, 0.2) is 0 Å². The summed E-state index contributed by atoms with van der Waals surface area (Å²) < 4.78 is 22.6. The van der Waals surface area contributed by atoms with E-state index in [-0.39, 0.29) is 32.7 Å². The molecule has 22 nitrogen and oxygen atoms in total. The molecule has 26 heteroatoms. The third kappa shape index (κ3) is 47.2. The number of hydrogen-bond donors (Lipinski definition) is 9. The Morgan fingerprint density at radius 1 is 0.566 bits per heavy atom. The van der Waals surface area contributed by atoms with Gasteiger partial charge in [0.25, 0.3) is 0 Å². The van der Waals surface area contributed by atoms with Crippen molar-refractivity contribution >= 4 is 76.7 Å². The zero-order chi connectivity index (χ0) is 42.2. The number of amides is 3. The van der Waals surface area contributed by atoms with Crippen LogP contribution in [-0.4, -0.2) is 162 Å². The maximum atomic E-state index is 10.9. The minimum Gasteiger partial charge on any atom is -0.822 e. The number of carboxylic acid groups (broad SMARTS) is 3. The molecule has 0 saturated carbocycles. The first-order chi connectivity index (χ1) is 24.4. The van der Waals surface area contributed by atoms with E-state index < -0.39 is 62.1 Å². The lowest BCUT2D eigenvalue weighted by Crippen LogP contribution is -2.39. The van der Waals surface area contributed by atoms with Gasteiger partial charge in [-0.1, -0.05) is 0 Å². The minimum atomic E-state index is -5.39. The van der Waals surface area contributed by atoms with Crippen molar-refractivity contribution in [2.24, 2.45) is 17.2 Å². The molecule has 0 aromatic rings. The van der Waals surface area contributed by atoms with E-state index >= 15 is 0 Å². The zero-order valence-corrected chi connectivity index (χ0v) is 34.1. The molecule has 314 valence electrons. The van der Waals surface area contributed by atoms with Gasteiger partial charge >= 0.3 is 36.2 Å². The number of alkyl carbamates (subject to hydrolysis) is 3. The fraction of sp³-hybridized carbons (Fsp3) is 0.778. The minimum absolute atomic E-state index is 0.117. The van der Waals surface area contributed by atoms with Crippen LogP contribution in [0.5, 0.6) is 0 Å². The van der Waals surface area contributed by atoms with E-state index in [1.807, 2.05) is 18.8 Å². The maximum Gasteiger partial charge on any atom is 0.407 e. The van der Waals surface area contributed by atoms with E-state index in [1.165, 1.54) is 0 Å². The predicted octanol–water partition coefficient (Wildman–Crippen LogP) is -4.65. The third-order valence-electron chi connectivity index (χ3n) is 5.33. The second kappa shape index (κ2) is 35.0. The summed E-state index contributed by atoms with van der Waals surface area (Å²) >= 11 is 0. The van der Waals surface area contributed by atoms with E-state index in [1.54, 1.807) is 20.8 Å². The number of carbonyl (C=O) groups excluding carboxylic acids is 3. The zero-order valence-electron chi connectivity index (χ0n) is 30.8. The smallest absolute Gasteiger partial charge is 0.407 e. The Hall–Kier alpha value is -2.74. The highest BCUT2D eigenvalue weighted by Crippen LogP contribution is 2.03. The number of rotatable bonds is 21. The largest absolute Gasteiger partial charge is 0.822 e. The molecular formula is C27H57N6O16PS3. The Morgan fingerprint density at radius 2 is 0.755 bits per heavy atom. The lowest BCUT2D eigenvalue weighted by Gasteiger charge is -2.36. The summed E-state index contributed by atoms with van der Waals surface area (Å²) in [6, 6.07) is -2.47. The summed E-state index contributed by atoms with van der Waals surface area (Å²) in [6.07, 6.45) is 4.45. The second-order valence-electron chi connectivity index (χ2n) is 10.2. The summed E-state index contributed by atoms with van der Waals surface area (Å²) in [5.41, 5.74) is 16.2. The molecule has 0 rings (SSSR count). The van der Waals surface area contributed by atoms with Crippen LogP contribution in [0, 0.1) is 0 Å². The second-order valence-corrected chi connectivity index (χ2v) is 18.0. The van der Waals surface area contributed by atoms with Gasteiger partial charge in [-0.3, -0.25) is 14.4 Å². The molecule has 0 aromatic carbocycles. The van der Waals surface area contributed by atoms with Crippen molar-refractivity contribution < 1.29 is 77.5 Å². The molecule has 12 N–H and O–H groups in total. The number of ether oxygens (including phenoxy) is 3. The van der Waals surface area contributed by atoms with Crippen molar-refractivity contribution in [3.05, 3.63) is 0 Å². The van der Waals surface area contributed by atoms with Gasteiger partial charge in [0, 0.05) is 0 Å². The Morgan fingerprint density at radius 3 is 0.906 bits per heavy atom. The highest BCUT2D eigenvalue weighted by atomic mass is 32.2. The van der Waals surface area contributed by atoms with Crippen LogP contribution in [0.25, 0.3) is 0 Å². The van der Waals surface area contributed by atoms with Crippen LogP contribution in [0.4, 0.5) is 14.4 Å². The van der Waals surface area contributed by atoms with Crippen LogP contribution in [0.3, 0.4) is 0 Å². The summed E-state index contributed by atoms with van der Waals surface area (Å²) in [6.45, 7) is 7.65. The number of nitrogens with one attached hydrogen (secondary N) is 3. The van der Waals surface area contributed by atoms with Crippen molar-refractivity contribution in [1.29, 1.82) is 0 Å². The monoisotopic (exact) mass is 848 g/mol. The van der Waals surface area contributed by atoms with E-state index in [0.717, 1.165) is 0 Å². The van der Waals surface area contributed by atoms with Gasteiger partial charge in [-0.15, -0.1) is 0 Å². The molecule has 0 radical (unpaired) electrons. The standard InChI is InChI=1S/3C9H18N2O4S.H3O4P/c3*1-3-15-9(14)11-4-5-16(2)6-7(10)8(12)13;1-5(2,3)4/h3*7H,3-6,10H2,1-2H3,(H-,11,12,13,14);(H3,1,2,3,4). The number of aliphatic carboxylic acids is 3. The molecule has 0 bridgehead atoms. The molecular weight excluding hydrogens is 791 g/mol. The first-order valence-electron chi connectivity index (χ1n) is 15.6. The van der Waals surface area contributed by atoms with Crippen LogP contribution < -0.4 is 47.8 Å². The third-order valence-corrected chi connectivity index (χ3v) is 10.8. The van der Waals surface area contributed by atoms with Crippen LogP contribution in [0.2, 0.25) is 0 Å². The molecule has 0 aliphatic rings. The lowest BCUT2D eigenvalue weighted by atomic mass is 10.4. The number of carboxylic acids is 3. The van der Waals surface area contributed by atoms with Gasteiger partial charge in [0.15, 0.2) is 0 Å². The predicted molar refractivity (Wildman–Crippen MR) is 199 cm³/mol. The average molecular weight is 849 g/mol. The van der Waals surface area contributed by atoms with Gasteiger partial charge in [-0.2, -0.15) is 7.82 Å². The van der Waals surface area contributed by atoms with E-state index in [0.29, 0.717) is 74.0 Å². The van der Waals surface area contributed by atoms with Crippen molar-refractivity contribution in [3.8, 4) is 0 Å². The molecule has 3 amide bonds. The Balaban J connectivity index is -0.000000318. The van der Waals surface area contributed by atoms with Crippen LogP contribution in [-0.2, 0) is 65.8 Å². The molecule has 0 fully saturated rings. The molecule has 0 aromatic heterocycles. The number of carbonyl (C=O) groups is 6. The molecule has 0 saturated heterocycles. The van der Waals surface area contributed by atoms with Gasteiger partial charge in [-0.25, -0.2) is 14.4 Å². The first kappa shape index (κ1) is 57.0. The quantitative estimate of drug-likeness (QED) is 0.0298. The van der Waals surface area contributed by atoms with E-state index in [9.17, 15) is 28.8 Å². The SMILES string of the molecule is CCOC(=O)NCC[S+](C)CC(N)C(=O)O.CCOC(=O)NCC[S+](C)CC(N)C(=O)O.CCOC(=O)NCC[S+](C)CC(N)C(=O)O.O=P([O-])([O-])[O-]. The van der Waals surface area contributed by atoms with Crippen molar-refractivity contribution in [2.75, 3.05) is 92.7 Å². The molecule has 0 aliphatic heterocycles. The molecule has 6 unspecified atom stereocenters. The fourth-order valence-electron chi connectivity index (χ4n) is 2.91. The normalized spacial score (nSPS) is 13.7. The summed E-state index contributed by atoms with van der Waals surface area (Å²) in [5, 5.41) is 33.5. The fourth-order valence-corrected chi connectivity index (χ4v) is 7.03. The number of hydrogen-bond acceptors (Lipinski definition) is 16. The van der Waals surface area contributed by atoms with Gasteiger partial charge < -0.3 is 81.9 Å². The highest BCUT2D eigenvalue weighted by molar-refractivity contribution is 7.96. The maximum absolute atomic E-state index is 10.9. The molecule has 0 aliphatic carbocycles. The average Bonchev–Trinajstić information content (AvgIpc) is 3.01. The van der Waals surface area contributed by atoms with E-state index in [2.05, 4.69) is 30.2 Å². The van der Waals surface area contributed by atoms with Crippen molar-refractivity contribution in [3.63, 3.8) is 0 Å². The lowest BCUT2D eigenvalue weighted by molar-refractivity contribution is -0.432. The first-order valence-corrected chi connectivity index (χ1v) is 23.0. The number of nitrogens with two attached hydrogens (primary N) is 3. The topological polar surface area (TPSA) is 391 Å². The summed E-state index contributed by atoms with van der Waals surface area (Å²) in [5.74, 6) is 0.451. The van der Waals surface area contributed by atoms with Crippen molar-refractivity contribution in [1.82, 2.24) is 16.0 Å². The summed E-state index contributed by atoms with van der Waals surface area (Å²) in [7, 11) is -5.74. The van der Waals surface area contributed by atoms with Crippen molar-refractivity contribution in [2.45, 2.75) is 38.9 Å². The van der Waals surface area contributed by atoms with E-state index in [4.69, 9.17) is 51.8 Å². The van der Waals surface area contributed by atoms with Gasteiger partial charge in [0.05, 0.1) is 58.2 Å².